The number of ether oxygens (including phenoxy) is 1. The Kier molecular flexibility index (Phi) is 4.20. The van der Waals surface area contributed by atoms with E-state index in [1.807, 2.05) is 0 Å². The third-order valence-electron chi connectivity index (χ3n) is 3.41. The van der Waals surface area contributed by atoms with Gasteiger partial charge in [0.15, 0.2) is 0 Å². The SMILES string of the molecule is CCC(C)CC[N+]1(C)CCOCC1. The predicted molar refractivity (Wildman–Crippen MR) is 55.7 cm³/mol. The van der Waals surface area contributed by atoms with E-state index in [4.69, 9.17) is 4.74 Å². The molecule has 0 bridgehead atoms. The average molecular weight is 186 g/mol. The quantitative estimate of drug-likeness (QED) is 0.609. The Morgan fingerprint density at radius 1 is 1.31 bits per heavy atom. The van der Waals surface area contributed by atoms with Crippen LogP contribution in [0.15, 0.2) is 0 Å². The number of hydrogen-bond acceptors (Lipinski definition) is 1. The Hall–Kier alpha value is -0.0800. The van der Waals surface area contributed by atoms with Crippen LogP contribution in [0, 0.1) is 5.92 Å². The third kappa shape index (κ3) is 3.65. The van der Waals surface area contributed by atoms with Crippen LogP contribution in [0.4, 0.5) is 0 Å². The van der Waals surface area contributed by atoms with Crippen molar-refractivity contribution in [2.24, 2.45) is 5.92 Å². The van der Waals surface area contributed by atoms with E-state index < -0.39 is 0 Å². The number of hydrogen-bond donors (Lipinski definition) is 0. The molecule has 0 N–H and O–H groups in total. The molecule has 1 heterocycles. The first-order valence-corrected chi connectivity index (χ1v) is 5.57. The first-order chi connectivity index (χ1) is 6.16. The van der Waals surface area contributed by atoms with E-state index in [0.717, 1.165) is 19.1 Å². The van der Waals surface area contributed by atoms with Crippen LogP contribution >= 0.6 is 0 Å². The van der Waals surface area contributed by atoms with Crippen LogP contribution < -0.4 is 0 Å². The van der Waals surface area contributed by atoms with Crippen molar-refractivity contribution in [2.75, 3.05) is 39.9 Å². The van der Waals surface area contributed by atoms with Crippen LogP contribution in [0.5, 0.6) is 0 Å². The molecule has 1 unspecified atom stereocenters. The van der Waals surface area contributed by atoms with Crippen LogP contribution in [0.2, 0.25) is 0 Å². The third-order valence-corrected chi connectivity index (χ3v) is 3.41. The highest BCUT2D eigenvalue weighted by Crippen LogP contribution is 2.13. The van der Waals surface area contributed by atoms with Gasteiger partial charge >= 0.3 is 0 Å². The first kappa shape index (κ1) is 11.0. The average Bonchev–Trinajstić information content (AvgIpc) is 2.15. The lowest BCUT2D eigenvalue weighted by Crippen LogP contribution is -2.52. The Bertz CT molecular complexity index is 141. The summed E-state index contributed by atoms with van der Waals surface area (Å²) in [4.78, 5) is 0. The first-order valence-electron chi connectivity index (χ1n) is 5.57. The van der Waals surface area contributed by atoms with Crippen molar-refractivity contribution in [3.05, 3.63) is 0 Å². The lowest BCUT2D eigenvalue weighted by Gasteiger charge is -2.38. The molecule has 0 aromatic rings. The van der Waals surface area contributed by atoms with Gasteiger partial charge in [-0.05, 0) is 12.3 Å². The van der Waals surface area contributed by atoms with Gasteiger partial charge in [-0.15, -0.1) is 0 Å². The number of likely N-dealkylation sites (N-methyl/N-ethyl adjacent to an activating group) is 1. The fourth-order valence-electron chi connectivity index (χ4n) is 1.74. The zero-order valence-electron chi connectivity index (χ0n) is 9.38. The lowest BCUT2D eigenvalue weighted by atomic mass is 10.0. The predicted octanol–water partition coefficient (Wildman–Crippen LogP) is 1.90. The summed E-state index contributed by atoms with van der Waals surface area (Å²) in [6.45, 7) is 10.3. The van der Waals surface area contributed by atoms with Crippen molar-refractivity contribution >= 4 is 0 Å². The highest BCUT2D eigenvalue weighted by atomic mass is 16.5. The van der Waals surface area contributed by atoms with E-state index in [9.17, 15) is 0 Å². The Morgan fingerprint density at radius 2 is 1.92 bits per heavy atom. The van der Waals surface area contributed by atoms with Gasteiger partial charge in [-0.2, -0.15) is 0 Å². The van der Waals surface area contributed by atoms with Gasteiger partial charge in [-0.3, -0.25) is 0 Å². The Balaban J connectivity index is 2.24. The second-order valence-electron chi connectivity index (χ2n) is 4.70. The molecular formula is C11H24NO+. The lowest BCUT2D eigenvalue weighted by molar-refractivity contribution is -0.917. The molecule has 2 heteroatoms. The molecule has 0 aromatic heterocycles. The number of morpholine rings is 1. The van der Waals surface area contributed by atoms with Crippen molar-refractivity contribution in [1.29, 1.82) is 0 Å². The van der Waals surface area contributed by atoms with Crippen molar-refractivity contribution in [2.45, 2.75) is 26.7 Å². The molecule has 0 amide bonds. The monoisotopic (exact) mass is 186 g/mol. The molecule has 0 spiro atoms. The van der Waals surface area contributed by atoms with Gasteiger partial charge < -0.3 is 9.22 Å². The van der Waals surface area contributed by atoms with Crippen LogP contribution in [0.25, 0.3) is 0 Å². The zero-order valence-corrected chi connectivity index (χ0v) is 9.38. The van der Waals surface area contributed by atoms with E-state index in [1.165, 1.54) is 37.0 Å². The molecule has 78 valence electrons. The van der Waals surface area contributed by atoms with Gasteiger partial charge in [0, 0.05) is 0 Å². The number of nitrogens with zero attached hydrogens (tertiary/aromatic N) is 1. The van der Waals surface area contributed by atoms with E-state index in [0.29, 0.717) is 0 Å². The van der Waals surface area contributed by atoms with Gasteiger partial charge in [0.25, 0.3) is 0 Å². The van der Waals surface area contributed by atoms with Crippen LogP contribution in [-0.2, 0) is 4.74 Å². The zero-order chi connectivity index (χ0) is 9.73. The van der Waals surface area contributed by atoms with E-state index in [1.54, 1.807) is 0 Å². The van der Waals surface area contributed by atoms with Gasteiger partial charge in [-0.25, -0.2) is 0 Å². The standard InChI is InChI=1S/C11H24NO/c1-4-11(2)5-6-12(3)7-9-13-10-8-12/h11H,4-10H2,1-3H3/q+1. The van der Waals surface area contributed by atoms with Crippen LogP contribution in [0.3, 0.4) is 0 Å². The summed E-state index contributed by atoms with van der Waals surface area (Å²) in [5.74, 6) is 0.887. The minimum atomic E-state index is 0.887. The number of quaternary nitrogens is 1. The largest absolute Gasteiger partial charge is 0.370 e. The fourth-order valence-corrected chi connectivity index (χ4v) is 1.74. The van der Waals surface area contributed by atoms with Gasteiger partial charge in [0.2, 0.25) is 0 Å². The van der Waals surface area contributed by atoms with E-state index in [2.05, 4.69) is 20.9 Å². The minimum Gasteiger partial charge on any atom is -0.370 e. The van der Waals surface area contributed by atoms with Gasteiger partial charge in [0.05, 0.1) is 26.8 Å². The summed E-state index contributed by atoms with van der Waals surface area (Å²) in [7, 11) is 2.37. The summed E-state index contributed by atoms with van der Waals surface area (Å²) in [6, 6.07) is 0. The molecule has 0 radical (unpaired) electrons. The molecule has 1 rings (SSSR count). The Morgan fingerprint density at radius 3 is 2.46 bits per heavy atom. The van der Waals surface area contributed by atoms with E-state index in [-0.39, 0.29) is 0 Å². The molecular weight excluding hydrogens is 162 g/mol. The second kappa shape index (κ2) is 4.97. The van der Waals surface area contributed by atoms with Crippen LogP contribution in [-0.4, -0.2) is 44.4 Å². The summed E-state index contributed by atoms with van der Waals surface area (Å²) in [6.07, 6.45) is 2.68. The van der Waals surface area contributed by atoms with Crippen LogP contribution in [0.1, 0.15) is 26.7 Å². The molecule has 2 nitrogen and oxygen atoms in total. The molecule has 0 aromatic carbocycles. The molecule has 0 saturated carbocycles. The highest BCUT2D eigenvalue weighted by molar-refractivity contribution is 4.52. The Labute approximate surface area is 82.5 Å². The van der Waals surface area contributed by atoms with Crippen molar-refractivity contribution in [3.63, 3.8) is 0 Å². The molecule has 1 aliphatic heterocycles. The second-order valence-corrected chi connectivity index (χ2v) is 4.70. The maximum Gasteiger partial charge on any atom is 0.102 e. The molecule has 13 heavy (non-hydrogen) atoms. The molecule has 1 saturated heterocycles. The smallest absolute Gasteiger partial charge is 0.102 e. The molecule has 1 fully saturated rings. The summed E-state index contributed by atoms with van der Waals surface area (Å²) < 4.78 is 6.61. The maximum absolute atomic E-state index is 5.38. The number of rotatable bonds is 4. The normalized spacial score (nSPS) is 24.2. The minimum absolute atomic E-state index is 0.887. The molecule has 0 aliphatic carbocycles. The van der Waals surface area contributed by atoms with Crippen molar-refractivity contribution in [1.82, 2.24) is 0 Å². The van der Waals surface area contributed by atoms with Gasteiger partial charge in [0.1, 0.15) is 13.1 Å². The maximum atomic E-state index is 5.38. The summed E-state index contributed by atoms with van der Waals surface area (Å²) in [5.41, 5.74) is 0. The molecule has 1 aliphatic rings. The fraction of sp³-hybridized carbons (Fsp3) is 1.00. The van der Waals surface area contributed by atoms with E-state index >= 15 is 0 Å². The summed E-state index contributed by atoms with van der Waals surface area (Å²) in [5, 5.41) is 0. The molecule has 1 atom stereocenters. The van der Waals surface area contributed by atoms with Crippen molar-refractivity contribution < 1.29 is 9.22 Å². The van der Waals surface area contributed by atoms with Gasteiger partial charge in [-0.1, -0.05) is 20.3 Å². The highest BCUT2D eigenvalue weighted by Gasteiger charge is 2.24. The van der Waals surface area contributed by atoms with Crippen molar-refractivity contribution in [3.8, 4) is 0 Å². The topological polar surface area (TPSA) is 9.23 Å². The summed E-state index contributed by atoms with van der Waals surface area (Å²) >= 11 is 0.